The van der Waals surface area contributed by atoms with Crippen molar-refractivity contribution in [3.05, 3.63) is 29.5 Å². The lowest BCUT2D eigenvalue weighted by Gasteiger charge is -2.25. The molecule has 96 valence electrons. The number of H-pyrrole nitrogens is 1. The molecular weight excluding hydrogens is 224 g/mol. The molecule has 2 N–H and O–H groups in total. The predicted molar refractivity (Wildman–Crippen MR) is 74.4 cm³/mol. The summed E-state index contributed by atoms with van der Waals surface area (Å²) in [6, 6.07) is 4.39. The Morgan fingerprint density at radius 2 is 2.22 bits per heavy atom. The number of hydrogen-bond donors (Lipinski definition) is 2. The number of methoxy groups -OCH3 is 1. The average molecular weight is 244 g/mol. The van der Waals surface area contributed by atoms with Gasteiger partial charge in [-0.25, -0.2) is 0 Å². The fourth-order valence-electron chi connectivity index (χ4n) is 3.03. The summed E-state index contributed by atoms with van der Waals surface area (Å²) in [6.07, 6.45) is 4.55. The average Bonchev–Trinajstić information content (AvgIpc) is 2.81. The van der Waals surface area contributed by atoms with Crippen molar-refractivity contribution in [2.24, 2.45) is 0 Å². The molecule has 0 saturated carbocycles. The summed E-state index contributed by atoms with van der Waals surface area (Å²) in [6.45, 7) is 4.33. The number of ether oxygens (including phenoxy) is 1. The second kappa shape index (κ2) is 4.65. The fraction of sp³-hybridized carbons (Fsp3) is 0.467. The molecular formula is C15H20N2O. The third kappa shape index (κ3) is 1.79. The molecule has 0 spiro atoms. The van der Waals surface area contributed by atoms with Gasteiger partial charge in [0.2, 0.25) is 0 Å². The van der Waals surface area contributed by atoms with Crippen molar-refractivity contribution in [3.63, 3.8) is 0 Å². The Balaban J connectivity index is 2.13. The van der Waals surface area contributed by atoms with Crippen LogP contribution in [0.4, 0.5) is 0 Å². The van der Waals surface area contributed by atoms with Crippen LogP contribution in [0.15, 0.2) is 18.3 Å². The summed E-state index contributed by atoms with van der Waals surface area (Å²) in [5.41, 5.74) is 3.77. The van der Waals surface area contributed by atoms with Crippen molar-refractivity contribution in [1.82, 2.24) is 10.3 Å². The van der Waals surface area contributed by atoms with Crippen LogP contribution in [0.25, 0.3) is 10.9 Å². The van der Waals surface area contributed by atoms with Gasteiger partial charge >= 0.3 is 0 Å². The van der Waals surface area contributed by atoms with Gasteiger partial charge in [-0.15, -0.1) is 0 Å². The highest BCUT2D eigenvalue weighted by molar-refractivity contribution is 5.90. The van der Waals surface area contributed by atoms with Gasteiger partial charge in [0.05, 0.1) is 7.11 Å². The third-order valence-electron chi connectivity index (χ3n) is 3.97. The zero-order valence-corrected chi connectivity index (χ0v) is 11.0. The lowest BCUT2D eigenvalue weighted by Crippen LogP contribution is -2.28. The van der Waals surface area contributed by atoms with Crippen molar-refractivity contribution in [2.45, 2.75) is 25.7 Å². The van der Waals surface area contributed by atoms with E-state index in [9.17, 15) is 0 Å². The minimum absolute atomic E-state index is 0.576. The quantitative estimate of drug-likeness (QED) is 0.852. The van der Waals surface area contributed by atoms with Crippen molar-refractivity contribution in [1.29, 1.82) is 0 Å². The molecule has 0 bridgehead atoms. The summed E-state index contributed by atoms with van der Waals surface area (Å²) in [4.78, 5) is 3.30. The maximum atomic E-state index is 5.70. The molecule has 0 aliphatic carbocycles. The van der Waals surface area contributed by atoms with Gasteiger partial charge in [-0.3, -0.25) is 0 Å². The number of aromatic amines is 1. The molecule has 1 saturated heterocycles. The monoisotopic (exact) mass is 244 g/mol. The molecule has 3 nitrogen and oxygen atoms in total. The van der Waals surface area contributed by atoms with Crippen molar-refractivity contribution >= 4 is 10.9 Å². The number of aromatic nitrogens is 1. The van der Waals surface area contributed by atoms with Crippen LogP contribution >= 0.6 is 0 Å². The first-order valence-corrected chi connectivity index (χ1v) is 6.66. The molecule has 1 aliphatic heterocycles. The van der Waals surface area contributed by atoms with E-state index in [0.29, 0.717) is 5.92 Å². The van der Waals surface area contributed by atoms with Gasteiger partial charge in [0.15, 0.2) is 0 Å². The van der Waals surface area contributed by atoms with E-state index < -0.39 is 0 Å². The number of nitrogens with one attached hydrogen (secondary N) is 2. The van der Waals surface area contributed by atoms with Gasteiger partial charge in [-0.1, -0.05) is 6.07 Å². The van der Waals surface area contributed by atoms with Crippen LogP contribution in [-0.2, 0) is 0 Å². The van der Waals surface area contributed by atoms with E-state index in [1.54, 1.807) is 7.11 Å². The zero-order chi connectivity index (χ0) is 12.5. The number of benzene rings is 1. The Morgan fingerprint density at radius 1 is 1.33 bits per heavy atom. The number of fused-ring (bicyclic) bond motifs is 1. The third-order valence-corrected chi connectivity index (χ3v) is 3.97. The first-order valence-electron chi connectivity index (χ1n) is 6.66. The smallest absolute Gasteiger partial charge is 0.132 e. The van der Waals surface area contributed by atoms with Crippen molar-refractivity contribution in [3.8, 4) is 5.75 Å². The second-order valence-electron chi connectivity index (χ2n) is 5.13. The molecule has 2 heterocycles. The van der Waals surface area contributed by atoms with Crippen LogP contribution in [0.3, 0.4) is 0 Å². The summed E-state index contributed by atoms with van der Waals surface area (Å²) in [7, 11) is 1.78. The first kappa shape index (κ1) is 11.6. The number of rotatable bonds is 2. The lowest BCUT2D eigenvalue weighted by atomic mass is 9.89. The minimum atomic E-state index is 0.576. The molecule has 2 aromatic rings. The summed E-state index contributed by atoms with van der Waals surface area (Å²) < 4.78 is 5.70. The van der Waals surface area contributed by atoms with Gasteiger partial charge < -0.3 is 15.0 Å². The van der Waals surface area contributed by atoms with E-state index in [1.165, 1.54) is 29.4 Å². The van der Waals surface area contributed by atoms with Gasteiger partial charge in [-0.2, -0.15) is 0 Å². The number of piperidine rings is 1. The number of hydrogen-bond acceptors (Lipinski definition) is 2. The molecule has 0 radical (unpaired) electrons. The predicted octanol–water partition coefficient (Wildman–Crippen LogP) is 2.95. The van der Waals surface area contributed by atoms with Gasteiger partial charge in [0.25, 0.3) is 0 Å². The van der Waals surface area contributed by atoms with Gasteiger partial charge in [0, 0.05) is 29.6 Å². The molecule has 1 fully saturated rings. The van der Waals surface area contributed by atoms with E-state index in [2.05, 4.69) is 35.6 Å². The second-order valence-corrected chi connectivity index (χ2v) is 5.13. The summed E-state index contributed by atoms with van der Waals surface area (Å²) in [5.74, 6) is 1.63. The van der Waals surface area contributed by atoms with E-state index in [-0.39, 0.29) is 0 Å². The highest BCUT2D eigenvalue weighted by Gasteiger charge is 2.21. The van der Waals surface area contributed by atoms with Crippen LogP contribution in [0.1, 0.15) is 29.9 Å². The highest BCUT2D eigenvalue weighted by atomic mass is 16.5. The fourth-order valence-corrected chi connectivity index (χ4v) is 3.03. The maximum absolute atomic E-state index is 5.70. The van der Waals surface area contributed by atoms with Crippen molar-refractivity contribution in [2.75, 3.05) is 20.2 Å². The molecule has 1 unspecified atom stereocenters. The maximum Gasteiger partial charge on any atom is 0.132 e. The summed E-state index contributed by atoms with van der Waals surface area (Å²) >= 11 is 0. The van der Waals surface area contributed by atoms with Crippen LogP contribution < -0.4 is 10.1 Å². The molecule has 0 amide bonds. The molecule has 3 rings (SSSR count). The largest absolute Gasteiger partial charge is 0.496 e. The van der Waals surface area contributed by atoms with Crippen LogP contribution in [-0.4, -0.2) is 25.2 Å². The minimum Gasteiger partial charge on any atom is -0.496 e. The molecule has 1 atom stereocenters. The Kier molecular flexibility index (Phi) is 3.00. The lowest BCUT2D eigenvalue weighted by molar-refractivity contribution is 0.396. The van der Waals surface area contributed by atoms with E-state index >= 15 is 0 Å². The van der Waals surface area contributed by atoms with Crippen LogP contribution in [0, 0.1) is 6.92 Å². The molecule has 18 heavy (non-hydrogen) atoms. The van der Waals surface area contributed by atoms with Gasteiger partial charge in [-0.05, 0) is 43.5 Å². The van der Waals surface area contributed by atoms with E-state index in [4.69, 9.17) is 4.74 Å². The summed E-state index contributed by atoms with van der Waals surface area (Å²) in [5, 5.41) is 4.71. The van der Waals surface area contributed by atoms with Crippen LogP contribution in [0.5, 0.6) is 5.75 Å². The Hall–Kier alpha value is -1.48. The van der Waals surface area contributed by atoms with Gasteiger partial charge in [0.1, 0.15) is 5.75 Å². The standard InChI is InChI=1S/C15H20N2O/c1-10-8-17-13-6-5-12(15(18-2)14(10)13)11-4-3-7-16-9-11/h5-6,8,11,16-17H,3-4,7,9H2,1-2H3. The van der Waals surface area contributed by atoms with Crippen molar-refractivity contribution < 1.29 is 4.74 Å². The zero-order valence-electron chi connectivity index (χ0n) is 11.0. The normalized spacial score (nSPS) is 20.2. The molecule has 1 aromatic heterocycles. The topological polar surface area (TPSA) is 37.0 Å². The molecule has 1 aliphatic rings. The van der Waals surface area contributed by atoms with E-state index in [1.807, 2.05) is 0 Å². The highest BCUT2D eigenvalue weighted by Crippen LogP contribution is 2.38. The first-order chi connectivity index (χ1) is 8.81. The van der Waals surface area contributed by atoms with E-state index in [0.717, 1.165) is 24.4 Å². The molecule has 3 heteroatoms. The SMILES string of the molecule is COc1c(C2CCCNC2)ccc2[nH]cc(C)c12. The van der Waals surface area contributed by atoms with Crippen LogP contribution in [0.2, 0.25) is 0 Å². The molecule has 1 aromatic carbocycles. The Morgan fingerprint density at radius 3 is 2.94 bits per heavy atom. The Labute approximate surface area is 108 Å². The Bertz CT molecular complexity index is 553. The number of aryl methyl sites for hydroxylation is 1.